The summed E-state index contributed by atoms with van der Waals surface area (Å²) in [4.78, 5) is 19.0. The van der Waals surface area contributed by atoms with Gasteiger partial charge in [0.1, 0.15) is 5.82 Å². The van der Waals surface area contributed by atoms with Gasteiger partial charge in [-0.15, -0.1) is 12.4 Å². The molecule has 10 heteroatoms. The van der Waals surface area contributed by atoms with E-state index in [4.69, 9.17) is 23.2 Å². The van der Waals surface area contributed by atoms with Crippen molar-refractivity contribution in [3.8, 4) is 0 Å². The number of nitrogens with one attached hydrogen (secondary N) is 1. The van der Waals surface area contributed by atoms with Gasteiger partial charge >= 0.3 is 6.03 Å². The number of nitrogens with zero attached hydrogens (tertiary/aromatic N) is 3. The predicted molar refractivity (Wildman–Crippen MR) is 145 cm³/mol. The minimum atomic E-state index is -0.588. The number of amides is 1. The monoisotopic (exact) mass is 562 g/mol. The Bertz CT molecular complexity index is 1470. The highest BCUT2D eigenvalue weighted by atomic mass is 35.5. The SMILES string of the molecule is Cl.O=C(NCc1ccnc(F)c1)n1c2c(c3cc(Cl)ccc31)CN(C/C=C/c1cc(F)cc(Cl)c1)CC2. The van der Waals surface area contributed by atoms with Crippen LogP contribution < -0.4 is 5.32 Å². The van der Waals surface area contributed by atoms with E-state index in [1.165, 1.54) is 24.4 Å². The first-order chi connectivity index (χ1) is 17.4. The molecular formula is C27H23Cl3F2N4O. The average molecular weight is 564 g/mol. The summed E-state index contributed by atoms with van der Waals surface area (Å²) >= 11 is 12.2. The van der Waals surface area contributed by atoms with E-state index in [1.807, 2.05) is 24.3 Å². The van der Waals surface area contributed by atoms with Gasteiger partial charge in [0, 0.05) is 59.9 Å². The van der Waals surface area contributed by atoms with Crippen LogP contribution in [0, 0.1) is 11.8 Å². The number of benzene rings is 2. The lowest BCUT2D eigenvalue weighted by Crippen LogP contribution is -2.34. The van der Waals surface area contributed by atoms with E-state index in [0.717, 1.165) is 28.7 Å². The van der Waals surface area contributed by atoms with Crippen LogP contribution in [0.1, 0.15) is 22.4 Å². The van der Waals surface area contributed by atoms with E-state index < -0.39 is 5.95 Å². The van der Waals surface area contributed by atoms with Gasteiger partial charge in [-0.25, -0.2) is 14.2 Å². The first-order valence-corrected chi connectivity index (χ1v) is 12.2. The summed E-state index contributed by atoms with van der Waals surface area (Å²) in [5, 5.41) is 4.76. The molecule has 192 valence electrons. The van der Waals surface area contributed by atoms with Gasteiger partial charge in [0.2, 0.25) is 5.95 Å². The van der Waals surface area contributed by atoms with E-state index in [1.54, 1.807) is 22.8 Å². The highest BCUT2D eigenvalue weighted by Crippen LogP contribution is 2.32. The largest absolute Gasteiger partial charge is 0.333 e. The molecule has 0 aliphatic carbocycles. The highest BCUT2D eigenvalue weighted by molar-refractivity contribution is 6.31. The Hall–Kier alpha value is -2.97. The number of fused-ring (bicyclic) bond motifs is 3. The fourth-order valence-corrected chi connectivity index (χ4v) is 5.00. The summed E-state index contributed by atoms with van der Waals surface area (Å²) in [6, 6.07) is 12.6. The Kier molecular flexibility index (Phi) is 8.49. The molecular weight excluding hydrogens is 541 g/mol. The minimum Gasteiger partial charge on any atom is -0.333 e. The minimum absolute atomic E-state index is 0. The van der Waals surface area contributed by atoms with Gasteiger partial charge in [0.05, 0.1) is 5.52 Å². The van der Waals surface area contributed by atoms with Crippen LogP contribution >= 0.6 is 35.6 Å². The fraction of sp³-hybridized carbons (Fsp3) is 0.185. The molecule has 0 fully saturated rings. The molecule has 1 aliphatic rings. The lowest BCUT2D eigenvalue weighted by atomic mass is 10.0. The van der Waals surface area contributed by atoms with Gasteiger partial charge in [-0.05, 0) is 65.2 Å². The van der Waals surface area contributed by atoms with Crippen LogP contribution in [0.25, 0.3) is 17.0 Å². The van der Waals surface area contributed by atoms with Gasteiger partial charge in [-0.3, -0.25) is 9.47 Å². The van der Waals surface area contributed by atoms with Crippen molar-refractivity contribution in [2.75, 3.05) is 13.1 Å². The van der Waals surface area contributed by atoms with E-state index in [2.05, 4.69) is 15.2 Å². The zero-order valence-electron chi connectivity index (χ0n) is 19.6. The third-order valence-electron chi connectivity index (χ3n) is 6.19. The van der Waals surface area contributed by atoms with Gasteiger partial charge in [0.15, 0.2) is 0 Å². The smallest absolute Gasteiger partial charge is 0.326 e. The van der Waals surface area contributed by atoms with Crippen molar-refractivity contribution < 1.29 is 13.6 Å². The summed E-state index contributed by atoms with van der Waals surface area (Å²) in [6.07, 6.45) is 5.86. The Balaban J connectivity index is 0.00000320. The van der Waals surface area contributed by atoms with Crippen LogP contribution in [0.2, 0.25) is 10.0 Å². The molecule has 0 unspecified atom stereocenters. The molecule has 37 heavy (non-hydrogen) atoms. The molecule has 3 heterocycles. The van der Waals surface area contributed by atoms with Crippen molar-refractivity contribution in [3.05, 3.63) is 105 Å². The summed E-state index contributed by atoms with van der Waals surface area (Å²) in [7, 11) is 0. The maximum atomic E-state index is 13.6. The standard InChI is InChI=1S/C27H22Cl2F2N4O.ClH/c28-19-3-4-24-22(14-19)23-16-34(8-1-2-17-10-20(29)13-21(30)11-17)9-6-25(23)35(24)27(36)33-15-18-5-7-32-26(31)12-18;/h1-5,7,10-14H,6,8-9,15-16H2,(H,33,36);1H/b2-1+;. The fourth-order valence-electron chi connectivity index (χ4n) is 4.59. The van der Waals surface area contributed by atoms with E-state index in [-0.39, 0.29) is 30.8 Å². The Labute approximate surface area is 229 Å². The number of carbonyl (C=O) groups is 1. The number of pyridine rings is 1. The number of carbonyl (C=O) groups excluding carboxylic acids is 1. The second-order valence-electron chi connectivity index (χ2n) is 8.66. The van der Waals surface area contributed by atoms with Crippen LogP contribution in [-0.4, -0.2) is 33.6 Å². The molecule has 0 saturated carbocycles. The van der Waals surface area contributed by atoms with Crippen LogP contribution in [0.5, 0.6) is 0 Å². The highest BCUT2D eigenvalue weighted by Gasteiger charge is 2.26. The van der Waals surface area contributed by atoms with Gasteiger partial charge < -0.3 is 5.32 Å². The summed E-state index contributed by atoms with van der Waals surface area (Å²) in [5.74, 6) is -0.961. The molecule has 0 saturated heterocycles. The molecule has 0 bridgehead atoms. The Morgan fingerprint density at radius 1 is 1.08 bits per heavy atom. The number of rotatable bonds is 5. The summed E-state index contributed by atoms with van der Waals surface area (Å²) in [5.41, 5.74) is 4.08. The third-order valence-corrected chi connectivity index (χ3v) is 6.64. The first kappa shape index (κ1) is 27.1. The maximum absolute atomic E-state index is 13.6. The number of halogens is 5. The molecule has 0 spiro atoms. The molecule has 2 aromatic carbocycles. The van der Waals surface area contributed by atoms with E-state index in [9.17, 15) is 13.6 Å². The molecule has 5 nitrogen and oxygen atoms in total. The van der Waals surface area contributed by atoms with Crippen molar-refractivity contribution in [1.82, 2.24) is 19.8 Å². The van der Waals surface area contributed by atoms with Crippen molar-refractivity contribution in [1.29, 1.82) is 0 Å². The number of hydrogen-bond acceptors (Lipinski definition) is 3. The predicted octanol–water partition coefficient (Wildman–Crippen LogP) is 6.87. The Morgan fingerprint density at radius 2 is 1.92 bits per heavy atom. The molecule has 5 rings (SSSR count). The topological polar surface area (TPSA) is 50.2 Å². The summed E-state index contributed by atoms with van der Waals surface area (Å²) < 4.78 is 28.7. The molecule has 1 N–H and O–H groups in total. The van der Waals surface area contributed by atoms with Crippen LogP contribution in [0.3, 0.4) is 0 Å². The number of hydrogen-bond donors (Lipinski definition) is 1. The molecule has 4 aromatic rings. The van der Waals surface area contributed by atoms with Gasteiger partial charge in [-0.1, -0.05) is 35.4 Å². The molecule has 0 atom stereocenters. The zero-order valence-corrected chi connectivity index (χ0v) is 21.9. The van der Waals surface area contributed by atoms with Crippen LogP contribution in [-0.2, 0) is 19.5 Å². The summed E-state index contributed by atoms with van der Waals surface area (Å²) in [6.45, 7) is 2.21. The average Bonchev–Trinajstić information content (AvgIpc) is 3.15. The van der Waals surface area contributed by atoms with Gasteiger partial charge in [-0.2, -0.15) is 4.39 Å². The lowest BCUT2D eigenvalue weighted by Gasteiger charge is -2.27. The first-order valence-electron chi connectivity index (χ1n) is 11.4. The van der Waals surface area contributed by atoms with Crippen molar-refractivity contribution in [2.45, 2.75) is 19.5 Å². The van der Waals surface area contributed by atoms with E-state index in [0.29, 0.717) is 40.7 Å². The molecule has 1 amide bonds. The second kappa shape index (κ2) is 11.6. The number of aromatic nitrogens is 2. The van der Waals surface area contributed by atoms with Crippen molar-refractivity contribution in [2.24, 2.45) is 0 Å². The second-order valence-corrected chi connectivity index (χ2v) is 9.53. The lowest BCUT2D eigenvalue weighted by molar-refractivity contribution is 0.240. The third kappa shape index (κ3) is 6.13. The quantitative estimate of drug-likeness (QED) is 0.270. The van der Waals surface area contributed by atoms with Crippen molar-refractivity contribution >= 4 is 58.6 Å². The van der Waals surface area contributed by atoms with Crippen molar-refractivity contribution in [3.63, 3.8) is 0 Å². The normalized spacial score (nSPS) is 13.5. The molecule has 2 aromatic heterocycles. The van der Waals surface area contributed by atoms with E-state index >= 15 is 0 Å². The van der Waals surface area contributed by atoms with Crippen LogP contribution in [0.15, 0.2) is 60.8 Å². The Morgan fingerprint density at radius 3 is 2.70 bits per heavy atom. The maximum Gasteiger partial charge on any atom is 0.326 e. The zero-order chi connectivity index (χ0) is 25.2. The molecule has 0 radical (unpaired) electrons. The van der Waals surface area contributed by atoms with Gasteiger partial charge in [0.25, 0.3) is 0 Å². The molecule has 1 aliphatic heterocycles. The van der Waals surface area contributed by atoms with Crippen LogP contribution in [0.4, 0.5) is 13.6 Å².